The molecule has 0 aliphatic rings. The van der Waals surface area contributed by atoms with Gasteiger partial charge in [0, 0.05) is 13.6 Å². The van der Waals surface area contributed by atoms with E-state index >= 15 is 0 Å². The first kappa shape index (κ1) is 14.7. The molecule has 1 unspecified atom stereocenters. The smallest absolute Gasteiger partial charge is 0.305 e. The maximum atomic E-state index is 11.8. The zero-order valence-electron chi connectivity index (χ0n) is 10.5. The van der Waals surface area contributed by atoms with Gasteiger partial charge in [0.25, 0.3) is 0 Å². The number of benzene rings is 1. The van der Waals surface area contributed by atoms with Crippen molar-refractivity contribution in [1.29, 1.82) is 5.26 Å². The van der Waals surface area contributed by atoms with Crippen molar-refractivity contribution in [3.05, 3.63) is 35.4 Å². The van der Waals surface area contributed by atoms with Crippen LogP contribution in [-0.2, 0) is 16.1 Å². The van der Waals surface area contributed by atoms with Crippen molar-refractivity contribution in [2.45, 2.75) is 19.0 Å². The predicted octanol–water partition coefficient (Wildman–Crippen LogP) is 0.319. The Hall–Kier alpha value is -2.39. The Morgan fingerprint density at radius 1 is 1.53 bits per heavy atom. The van der Waals surface area contributed by atoms with E-state index in [1.165, 1.54) is 4.90 Å². The minimum absolute atomic E-state index is 0.279. The van der Waals surface area contributed by atoms with E-state index in [0.717, 1.165) is 5.56 Å². The third-order valence-corrected chi connectivity index (χ3v) is 2.56. The molecule has 0 fully saturated rings. The average Bonchev–Trinajstić information content (AvgIpc) is 2.37. The predicted molar refractivity (Wildman–Crippen MR) is 67.9 cm³/mol. The van der Waals surface area contributed by atoms with Crippen LogP contribution in [0.1, 0.15) is 17.5 Å². The summed E-state index contributed by atoms with van der Waals surface area (Å²) in [7, 11) is 1.54. The SMILES string of the molecule is CN(Cc1cccc(C#N)c1)C(=O)C(N)CC(=O)O. The number of carboxylic acid groups (broad SMARTS) is 1. The molecule has 19 heavy (non-hydrogen) atoms. The van der Waals surface area contributed by atoms with Crippen LogP contribution >= 0.6 is 0 Å². The molecule has 1 atom stereocenters. The molecule has 6 heteroatoms. The molecule has 0 spiro atoms. The van der Waals surface area contributed by atoms with Crippen LogP contribution in [0.4, 0.5) is 0 Å². The van der Waals surface area contributed by atoms with Gasteiger partial charge in [-0.05, 0) is 17.7 Å². The number of nitriles is 1. The van der Waals surface area contributed by atoms with Gasteiger partial charge in [0.2, 0.25) is 5.91 Å². The van der Waals surface area contributed by atoms with Crippen LogP contribution in [0.5, 0.6) is 0 Å². The van der Waals surface area contributed by atoms with E-state index in [4.69, 9.17) is 16.1 Å². The molecule has 3 N–H and O–H groups in total. The number of likely N-dealkylation sites (N-methyl/N-ethyl adjacent to an activating group) is 1. The van der Waals surface area contributed by atoms with Crippen LogP contribution in [-0.4, -0.2) is 35.0 Å². The molecule has 0 saturated heterocycles. The summed E-state index contributed by atoms with van der Waals surface area (Å²) >= 11 is 0. The number of carbonyl (C=O) groups excluding carboxylic acids is 1. The van der Waals surface area contributed by atoms with Crippen molar-refractivity contribution in [3.63, 3.8) is 0 Å². The Bertz CT molecular complexity index is 522. The number of nitrogens with two attached hydrogens (primary N) is 1. The second kappa shape index (κ2) is 6.52. The summed E-state index contributed by atoms with van der Waals surface area (Å²) in [6.07, 6.45) is -0.401. The van der Waals surface area contributed by atoms with Gasteiger partial charge in [0.05, 0.1) is 24.1 Å². The van der Waals surface area contributed by atoms with Crippen LogP contribution in [0.2, 0.25) is 0 Å². The van der Waals surface area contributed by atoms with E-state index in [1.807, 2.05) is 6.07 Å². The highest BCUT2D eigenvalue weighted by molar-refractivity contribution is 5.85. The van der Waals surface area contributed by atoms with E-state index in [-0.39, 0.29) is 6.54 Å². The topological polar surface area (TPSA) is 107 Å². The molecule has 0 aliphatic heterocycles. The highest BCUT2D eigenvalue weighted by atomic mass is 16.4. The van der Waals surface area contributed by atoms with Crippen LogP contribution in [0.25, 0.3) is 0 Å². The van der Waals surface area contributed by atoms with Gasteiger partial charge in [0.1, 0.15) is 0 Å². The van der Waals surface area contributed by atoms with Crippen LogP contribution in [0.3, 0.4) is 0 Å². The second-order valence-electron chi connectivity index (χ2n) is 4.21. The molecule has 1 aromatic rings. The van der Waals surface area contributed by atoms with Gasteiger partial charge in [-0.3, -0.25) is 9.59 Å². The number of aliphatic carboxylic acids is 1. The van der Waals surface area contributed by atoms with Crippen molar-refractivity contribution in [1.82, 2.24) is 4.90 Å². The highest BCUT2D eigenvalue weighted by Gasteiger charge is 2.20. The molecule has 1 rings (SSSR count). The molecule has 1 amide bonds. The van der Waals surface area contributed by atoms with Crippen molar-refractivity contribution in [2.75, 3.05) is 7.05 Å². The largest absolute Gasteiger partial charge is 0.481 e. The fraction of sp³-hybridized carbons (Fsp3) is 0.308. The van der Waals surface area contributed by atoms with Crippen LogP contribution in [0.15, 0.2) is 24.3 Å². The molecule has 1 aromatic carbocycles. The summed E-state index contributed by atoms with van der Waals surface area (Å²) in [5, 5.41) is 17.4. The van der Waals surface area contributed by atoms with Gasteiger partial charge in [-0.15, -0.1) is 0 Å². The van der Waals surface area contributed by atoms with E-state index < -0.39 is 24.3 Å². The number of carboxylic acids is 1. The summed E-state index contributed by atoms with van der Waals surface area (Å²) in [5.41, 5.74) is 6.80. The Balaban J connectivity index is 2.68. The molecule has 0 bridgehead atoms. The Morgan fingerprint density at radius 2 is 2.21 bits per heavy atom. The van der Waals surface area contributed by atoms with Gasteiger partial charge in [-0.25, -0.2) is 0 Å². The number of nitrogens with zero attached hydrogens (tertiary/aromatic N) is 2. The van der Waals surface area contributed by atoms with E-state index in [1.54, 1.807) is 31.3 Å². The quantitative estimate of drug-likeness (QED) is 0.793. The van der Waals surface area contributed by atoms with Crippen molar-refractivity contribution in [3.8, 4) is 6.07 Å². The standard InChI is InChI=1S/C13H15N3O3/c1-16(13(19)11(15)6-12(17)18)8-10-4-2-3-9(5-10)7-14/h2-5,11H,6,8,15H2,1H3,(H,17,18). The molecule has 0 radical (unpaired) electrons. The first-order valence-electron chi connectivity index (χ1n) is 5.65. The summed E-state index contributed by atoms with van der Waals surface area (Å²) in [4.78, 5) is 23.7. The number of rotatable bonds is 5. The Kier molecular flexibility index (Phi) is 5.03. The summed E-state index contributed by atoms with van der Waals surface area (Å²) in [6.45, 7) is 0.279. The van der Waals surface area contributed by atoms with E-state index in [9.17, 15) is 9.59 Å². The maximum absolute atomic E-state index is 11.8. The third kappa shape index (κ3) is 4.41. The first-order valence-corrected chi connectivity index (χ1v) is 5.65. The average molecular weight is 261 g/mol. The third-order valence-electron chi connectivity index (χ3n) is 2.56. The number of carbonyl (C=O) groups is 2. The Morgan fingerprint density at radius 3 is 2.79 bits per heavy atom. The molecule has 0 aliphatic carbocycles. The van der Waals surface area contributed by atoms with Crippen LogP contribution in [0, 0.1) is 11.3 Å². The number of amides is 1. The monoisotopic (exact) mass is 261 g/mol. The molecule has 0 heterocycles. The minimum Gasteiger partial charge on any atom is -0.481 e. The zero-order chi connectivity index (χ0) is 14.4. The first-order chi connectivity index (χ1) is 8.93. The number of hydrogen-bond acceptors (Lipinski definition) is 4. The second-order valence-corrected chi connectivity index (χ2v) is 4.21. The lowest BCUT2D eigenvalue weighted by Crippen LogP contribution is -2.42. The fourth-order valence-corrected chi connectivity index (χ4v) is 1.65. The van der Waals surface area contributed by atoms with E-state index in [2.05, 4.69) is 0 Å². The fourth-order valence-electron chi connectivity index (χ4n) is 1.65. The molecule has 0 saturated carbocycles. The summed E-state index contributed by atoms with van der Waals surface area (Å²) in [6, 6.07) is 7.81. The lowest BCUT2D eigenvalue weighted by atomic mass is 10.1. The van der Waals surface area contributed by atoms with E-state index in [0.29, 0.717) is 5.56 Å². The van der Waals surface area contributed by atoms with Gasteiger partial charge in [-0.1, -0.05) is 12.1 Å². The van der Waals surface area contributed by atoms with Crippen molar-refractivity contribution in [2.24, 2.45) is 5.73 Å². The summed E-state index contributed by atoms with van der Waals surface area (Å²) in [5.74, 6) is -1.55. The van der Waals surface area contributed by atoms with Gasteiger partial charge in [-0.2, -0.15) is 5.26 Å². The minimum atomic E-state index is -1.11. The van der Waals surface area contributed by atoms with Crippen molar-refractivity contribution < 1.29 is 14.7 Å². The number of hydrogen-bond donors (Lipinski definition) is 2. The molecular weight excluding hydrogens is 246 g/mol. The summed E-state index contributed by atoms with van der Waals surface area (Å²) < 4.78 is 0. The van der Waals surface area contributed by atoms with Gasteiger partial charge in [0.15, 0.2) is 0 Å². The normalized spacial score (nSPS) is 11.4. The van der Waals surface area contributed by atoms with Crippen molar-refractivity contribution >= 4 is 11.9 Å². The highest BCUT2D eigenvalue weighted by Crippen LogP contribution is 2.08. The van der Waals surface area contributed by atoms with Gasteiger partial charge < -0.3 is 15.7 Å². The molecular formula is C13H15N3O3. The lowest BCUT2D eigenvalue weighted by molar-refractivity contribution is -0.141. The zero-order valence-corrected chi connectivity index (χ0v) is 10.5. The molecule has 6 nitrogen and oxygen atoms in total. The Labute approximate surface area is 111 Å². The lowest BCUT2D eigenvalue weighted by Gasteiger charge is -2.20. The molecule has 100 valence electrons. The van der Waals surface area contributed by atoms with Crippen LogP contribution < -0.4 is 5.73 Å². The molecule has 0 aromatic heterocycles. The maximum Gasteiger partial charge on any atom is 0.305 e. The van der Waals surface area contributed by atoms with Gasteiger partial charge >= 0.3 is 5.97 Å².